The first-order valence-corrected chi connectivity index (χ1v) is 5.15. The van der Waals surface area contributed by atoms with Gasteiger partial charge in [-0.3, -0.25) is 11.3 Å². The zero-order valence-electron chi connectivity index (χ0n) is 8.58. The Balaban J connectivity index is 2.24. The molecule has 1 aliphatic heterocycles. The second-order valence-electron chi connectivity index (χ2n) is 3.48. The van der Waals surface area contributed by atoms with Crippen molar-refractivity contribution in [3.63, 3.8) is 0 Å². The Morgan fingerprint density at radius 1 is 1.57 bits per heavy atom. The quantitative estimate of drug-likeness (QED) is 0.285. The predicted molar refractivity (Wildman–Crippen MR) is 55.7 cm³/mol. The van der Waals surface area contributed by atoms with Gasteiger partial charge in [-0.05, 0) is 19.3 Å². The molecule has 1 fully saturated rings. The highest BCUT2D eigenvalue weighted by Crippen LogP contribution is 2.11. The number of hydrazine groups is 1. The van der Waals surface area contributed by atoms with E-state index in [1.165, 1.54) is 0 Å². The third-order valence-electron chi connectivity index (χ3n) is 2.43. The average molecular weight is 200 g/mol. The van der Waals surface area contributed by atoms with Gasteiger partial charge in [0.1, 0.15) is 0 Å². The van der Waals surface area contributed by atoms with Crippen LogP contribution >= 0.6 is 0 Å². The summed E-state index contributed by atoms with van der Waals surface area (Å²) in [6, 6.07) is 0.190. The monoisotopic (exact) mass is 200 g/mol. The van der Waals surface area contributed by atoms with Crippen LogP contribution in [0.15, 0.2) is 12.7 Å². The van der Waals surface area contributed by atoms with E-state index in [1.54, 1.807) is 0 Å². The second kappa shape index (κ2) is 6.95. The fourth-order valence-corrected chi connectivity index (χ4v) is 1.60. The van der Waals surface area contributed by atoms with Gasteiger partial charge in [0.2, 0.25) is 0 Å². The van der Waals surface area contributed by atoms with Crippen LogP contribution < -0.4 is 11.3 Å². The molecule has 2 atom stereocenters. The molecule has 0 spiro atoms. The lowest BCUT2D eigenvalue weighted by molar-refractivity contribution is -0.102. The number of ether oxygens (including phenoxy) is 2. The first-order valence-electron chi connectivity index (χ1n) is 5.15. The van der Waals surface area contributed by atoms with Crippen molar-refractivity contribution in [2.24, 2.45) is 5.84 Å². The van der Waals surface area contributed by atoms with Crippen molar-refractivity contribution in [3.05, 3.63) is 12.7 Å². The summed E-state index contributed by atoms with van der Waals surface area (Å²) in [5, 5.41) is 0. The fraction of sp³-hybridized carbons (Fsp3) is 0.800. The van der Waals surface area contributed by atoms with Gasteiger partial charge in [0.15, 0.2) is 0 Å². The topological polar surface area (TPSA) is 56.5 Å². The van der Waals surface area contributed by atoms with E-state index in [1.807, 2.05) is 6.08 Å². The second-order valence-corrected chi connectivity index (χ2v) is 3.48. The number of hydrogen-bond acceptors (Lipinski definition) is 4. The highest BCUT2D eigenvalue weighted by atomic mass is 16.6. The van der Waals surface area contributed by atoms with Gasteiger partial charge >= 0.3 is 0 Å². The molecule has 0 aliphatic carbocycles. The summed E-state index contributed by atoms with van der Waals surface area (Å²) in [4.78, 5) is 0. The zero-order valence-corrected chi connectivity index (χ0v) is 8.58. The maximum atomic E-state index is 5.57. The molecule has 0 bridgehead atoms. The Labute approximate surface area is 85.4 Å². The van der Waals surface area contributed by atoms with Crippen molar-refractivity contribution in [2.75, 3.05) is 19.8 Å². The number of hydrogen-bond donors (Lipinski definition) is 2. The van der Waals surface area contributed by atoms with Crippen molar-refractivity contribution >= 4 is 0 Å². The van der Waals surface area contributed by atoms with Crippen molar-refractivity contribution < 1.29 is 9.47 Å². The van der Waals surface area contributed by atoms with Crippen LogP contribution in [0.25, 0.3) is 0 Å². The smallest absolute Gasteiger partial charge is 0.0975 e. The Kier molecular flexibility index (Phi) is 5.78. The predicted octanol–water partition coefficient (Wildman–Crippen LogP) is 0.590. The first kappa shape index (κ1) is 11.7. The summed E-state index contributed by atoms with van der Waals surface area (Å²) >= 11 is 0. The third-order valence-corrected chi connectivity index (χ3v) is 2.43. The minimum Gasteiger partial charge on any atom is -0.376 e. The molecule has 0 amide bonds. The van der Waals surface area contributed by atoms with Crippen LogP contribution in [-0.2, 0) is 9.47 Å². The van der Waals surface area contributed by atoms with Crippen LogP contribution in [0.3, 0.4) is 0 Å². The summed E-state index contributed by atoms with van der Waals surface area (Å²) < 4.78 is 10.9. The van der Waals surface area contributed by atoms with Gasteiger partial charge in [0.25, 0.3) is 0 Å². The van der Waals surface area contributed by atoms with E-state index in [4.69, 9.17) is 15.3 Å². The lowest BCUT2D eigenvalue weighted by Crippen LogP contribution is -2.49. The first-order chi connectivity index (χ1) is 6.88. The number of nitrogens with two attached hydrogens (primary N) is 1. The van der Waals surface area contributed by atoms with Crippen molar-refractivity contribution in [1.29, 1.82) is 0 Å². The number of allylic oxidation sites excluding steroid dienone is 1. The fourth-order valence-electron chi connectivity index (χ4n) is 1.60. The largest absolute Gasteiger partial charge is 0.376 e. The molecular weight excluding hydrogens is 180 g/mol. The van der Waals surface area contributed by atoms with Crippen LogP contribution in [0.4, 0.5) is 0 Å². The van der Waals surface area contributed by atoms with Crippen molar-refractivity contribution in [1.82, 2.24) is 5.43 Å². The number of rotatable bonds is 6. The van der Waals surface area contributed by atoms with Gasteiger partial charge in [-0.15, -0.1) is 6.58 Å². The summed E-state index contributed by atoms with van der Waals surface area (Å²) in [6.45, 7) is 5.70. The molecule has 2 unspecified atom stereocenters. The average Bonchev–Trinajstić information content (AvgIpc) is 2.26. The van der Waals surface area contributed by atoms with Gasteiger partial charge in [-0.2, -0.15) is 0 Å². The van der Waals surface area contributed by atoms with Gasteiger partial charge in [0.05, 0.1) is 25.9 Å². The highest BCUT2D eigenvalue weighted by Gasteiger charge is 2.23. The van der Waals surface area contributed by atoms with Gasteiger partial charge in [-0.1, -0.05) is 6.08 Å². The highest BCUT2D eigenvalue weighted by molar-refractivity contribution is 4.78. The molecule has 1 rings (SSSR count). The molecule has 3 N–H and O–H groups in total. The van der Waals surface area contributed by atoms with Crippen LogP contribution in [0.5, 0.6) is 0 Å². The Bertz CT molecular complexity index is 158. The Morgan fingerprint density at radius 2 is 2.43 bits per heavy atom. The number of unbranched alkanes of at least 4 members (excludes halogenated alkanes) is 1. The molecule has 0 radical (unpaired) electrons. The lowest BCUT2D eigenvalue weighted by atomic mass is 10.0. The molecule has 0 aromatic rings. The third kappa shape index (κ3) is 3.75. The summed E-state index contributed by atoms with van der Waals surface area (Å²) in [5.41, 5.74) is 2.79. The molecule has 0 aromatic carbocycles. The van der Waals surface area contributed by atoms with E-state index in [0.717, 1.165) is 19.3 Å². The molecule has 0 aromatic heterocycles. The van der Waals surface area contributed by atoms with E-state index in [9.17, 15) is 0 Å². The van der Waals surface area contributed by atoms with E-state index < -0.39 is 0 Å². The Morgan fingerprint density at radius 3 is 3.00 bits per heavy atom. The maximum Gasteiger partial charge on any atom is 0.0975 e. The molecule has 1 aliphatic rings. The van der Waals surface area contributed by atoms with Crippen molar-refractivity contribution in [2.45, 2.75) is 31.4 Å². The van der Waals surface area contributed by atoms with E-state index >= 15 is 0 Å². The SMILES string of the molecule is C=CCCCC(NN)C1COCCO1. The molecule has 4 nitrogen and oxygen atoms in total. The van der Waals surface area contributed by atoms with E-state index in [-0.39, 0.29) is 12.1 Å². The van der Waals surface area contributed by atoms with Crippen molar-refractivity contribution in [3.8, 4) is 0 Å². The maximum absolute atomic E-state index is 5.57. The minimum absolute atomic E-state index is 0.0959. The van der Waals surface area contributed by atoms with Gasteiger partial charge in [0, 0.05) is 6.04 Å². The molecule has 0 saturated carbocycles. The normalized spacial score (nSPS) is 24.5. The number of nitrogens with one attached hydrogen (secondary N) is 1. The molecule has 1 saturated heterocycles. The van der Waals surface area contributed by atoms with Crippen LogP contribution in [0, 0.1) is 0 Å². The van der Waals surface area contributed by atoms with Crippen LogP contribution in [0.1, 0.15) is 19.3 Å². The van der Waals surface area contributed by atoms with E-state index in [0.29, 0.717) is 19.8 Å². The van der Waals surface area contributed by atoms with Gasteiger partial charge < -0.3 is 9.47 Å². The van der Waals surface area contributed by atoms with Gasteiger partial charge in [-0.25, -0.2) is 0 Å². The zero-order chi connectivity index (χ0) is 10.2. The molecular formula is C10H20N2O2. The summed E-state index contributed by atoms with van der Waals surface area (Å²) in [5.74, 6) is 5.47. The molecule has 82 valence electrons. The standard InChI is InChI=1S/C10H20N2O2/c1-2-3-4-5-9(12-11)10-8-13-6-7-14-10/h2,9-10,12H,1,3-8,11H2. The Hall–Kier alpha value is -0.420. The molecule has 1 heterocycles. The van der Waals surface area contributed by atoms with Crippen LogP contribution in [-0.4, -0.2) is 32.0 Å². The van der Waals surface area contributed by atoms with E-state index in [2.05, 4.69) is 12.0 Å². The molecule has 14 heavy (non-hydrogen) atoms. The molecule has 4 heteroatoms. The minimum atomic E-state index is 0.0959. The summed E-state index contributed by atoms with van der Waals surface area (Å²) in [6.07, 6.45) is 5.12. The summed E-state index contributed by atoms with van der Waals surface area (Å²) in [7, 11) is 0. The van der Waals surface area contributed by atoms with Crippen LogP contribution in [0.2, 0.25) is 0 Å². The lowest BCUT2D eigenvalue weighted by Gasteiger charge is -2.29.